The summed E-state index contributed by atoms with van der Waals surface area (Å²) >= 11 is 0. The van der Waals surface area contributed by atoms with E-state index >= 15 is 0 Å². The fourth-order valence-electron chi connectivity index (χ4n) is 2.25. The van der Waals surface area contributed by atoms with Gasteiger partial charge in [-0.05, 0) is 38.8 Å². The van der Waals surface area contributed by atoms with Gasteiger partial charge in [0.05, 0.1) is 11.8 Å². The Morgan fingerprint density at radius 1 is 1.71 bits per heavy atom. The Bertz CT molecular complexity index is 382. The normalized spacial score (nSPS) is 22.1. The molecule has 1 aromatic heterocycles. The summed E-state index contributed by atoms with van der Waals surface area (Å²) in [5.74, 6) is 0.501. The Morgan fingerprint density at radius 2 is 2.53 bits per heavy atom. The predicted octanol–water partition coefficient (Wildman–Crippen LogP) is 0.538. The largest absolute Gasteiger partial charge is 0.349 e. The van der Waals surface area contributed by atoms with Gasteiger partial charge in [0, 0.05) is 19.3 Å². The van der Waals surface area contributed by atoms with E-state index in [1.807, 2.05) is 7.05 Å². The van der Waals surface area contributed by atoms with Gasteiger partial charge in [-0.2, -0.15) is 5.10 Å². The second-order valence-corrected chi connectivity index (χ2v) is 4.77. The molecule has 0 aromatic carbocycles. The van der Waals surface area contributed by atoms with Crippen LogP contribution in [0.1, 0.15) is 30.1 Å². The topological polar surface area (TPSA) is 59.0 Å². The van der Waals surface area contributed by atoms with Gasteiger partial charge in [-0.25, -0.2) is 0 Å². The maximum absolute atomic E-state index is 11.9. The van der Waals surface area contributed by atoms with Gasteiger partial charge >= 0.3 is 0 Å². The lowest BCUT2D eigenvalue weighted by molar-refractivity contribution is 0.0922. The Hall–Kier alpha value is -1.36. The van der Waals surface area contributed by atoms with E-state index in [-0.39, 0.29) is 11.9 Å². The van der Waals surface area contributed by atoms with E-state index in [2.05, 4.69) is 22.7 Å². The molecule has 2 rings (SSSR count). The van der Waals surface area contributed by atoms with Gasteiger partial charge in [-0.15, -0.1) is 0 Å². The predicted molar refractivity (Wildman–Crippen MR) is 65.7 cm³/mol. The molecule has 2 unspecified atom stereocenters. The number of aryl methyl sites for hydroxylation is 1. The highest BCUT2D eigenvalue weighted by molar-refractivity contribution is 5.93. The number of nitrogens with zero attached hydrogens (tertiary/aromatic N) is 2. The molecule has 2 heterocycles. The van der Waals surface area contributed by atoms with Crippen molar-refractivity contribution in [1.29, 1.82) is 0 Å². The highest BCUT2D eigenvalue weighted by Crippen LogP contribution is 2.14. The molecule has 94 valence electrons. The number of hydrogen-bond acceptors (Lipinski definition) is 3. The number of rotatable bonds is 3. The van der Waals surface area contributed by atoms with Gasteiger partial charge in [-0.3, -0.25) is 9.48 Å². The third kappa shape index (κ3) is 3.06. The van der Waals surface area contributed by atoms with E-state index in [9.17, 15) is 4.79 Å². The van der Waals surface area contributed by atoms with Crippen LogP contribution in [-0.4, -0.2) is 34.8 Å². The molecule has 2 N–H and O–H groups in total. The van der Waals surface area contributed by atoms with E-state index in [0.29, 0.717) is 11.5 Å². The molecule has 1 aromatic rings. The number of piperidine rings is 1. The second kappa shape index (κ2) is 5.31. The maximum Gasteiger partial charge on any atom is 0.254 e. The molecule has 0 aliphatic carbocycles. The molecule has 0 bridgehead atoms. The molecule has 17 heavy (non-hydrogen) atoms. The Morgan fingerprint density at radius 3 is 3.12 bits per heavy atom. The number of aromatic nitrogens is 2. The highest BCUT2D eigenvalue weighted by Gasteiger charge is 2.21. The third-order valence-corrected chi connectivity index (χ3v) is 3.37. The second-order valence-electron chi connectivity index (χ2n) is 4.77. The van der Waals surface area contributed by atoms with Crippen LogP contribution in [0.3, 0.4) is 0 Å². The van der Waals surface area contributed by atoms with E-state index in [1.54, 1.807) is 17.1 Å². The monoisotopic (exact) mass is 236 g/mol. The van der Waals surface area contributed by atoms with Crippen LogP contribution in [-0.2, 0) is 7.05 Å². The first-order valence-corrected chi connectivity index (χ1v) is 6.17. The lowest BCUT2D eigenvalue weighted by atomic mass is 9.93. The first kappa shape index (κ1) is 12.1. The third-order valence-electron chi connectivity index (χ3n) is 3.37. The maximum atomic E-state index is 11.9. The molecule has 1 fully saturated rings. The molecular formula is C12H20N4O. The quantitative estimate of drug-likeness (QED) is 0.805. The van der Waals surface area contributed by atoms with Gasteiger partial charge in [0.25, 0.3) is 5.91 Å². The van der Waals surface area contributed by atoms with Crippen molar-refractivity contribution >= 4 is 5.91 Å². The van der Waals surface area contributed by atoms with Gasteiger partial charge in [0.15, 0.2) is 0 Å². The van der Waals surface area contributed by atoms with Crippen molar-refractivity contribution in [2.45, 2.75) is 25.8 Å². The first-order chi connectivity index (χ1) is 8.16. The fourth-order valence-corrected chi connectivity index (χ4v) is 2.25. The SMILES string of the molecule is CC(NC(=O)c1cnn(C)c1)C1CCCNC1. The standard InChI is InChI=1S/C12H20N4O/c1-9(10-4-3-5-13-6-10)15-12(17)11-7-14-16(2)8-11/h7-10,13H,3-6H2,1-2H3,(H,15,17). The first-order valence-electron chi connectivity index (χ1n) is 6.17. The summed E-state index contributed by atoms with van der Waals surface area (Å²) < 4.78 is 1.64. The van der Waals surface area contributed by atoms with Crippen molar-refractivity contribution in [3.8, 4) is 0 Å². The summed E-state index contributed by atoms with van der Waals surface area (Å²) in [5, 5.41) is 10.4. The van der Waals surface area contributed by atoms with Crippen molar-refractivity contribution < 1.29 is 4.79 Å². The Labute approximate surface area is 102 Å². The summed E-state index contributed by atoms with van der Waals surface area (Å²) in [6, 6.07) is 0.204. The van der Waals surface area contributed by atoms with Crippen molar-refractivity contribution in [2.24, 2.45) is 13.0 Å². The minimum atomic E-state index is -0.0313. The average Bonchev–Trinajstić information content (AvgIpc) is 2.77. The van der Waals surface area contributed by atoms with Crippen LogP contribution in [0.15, 0.2) is 12.4 Å². The summed E-state index contributed by atoms with van der Waals surface area (Å²) in [6.45, 7) is 4.17. The molecule has 0 saturated carbocycles. The number of hydrogen-bond donors (Lipinski definition) is 2. The highest BCUT2D eigenvalue weighted by atomic mass is 16.1. The zero-order chi connectivity index (χ0) is 12.3. The van der Waals surface area contributed by atoms with Gasteiger partial charge in [0.2, 0.25) is 0 Å². The summed E-state index contributed by atoms with van der Waals surface area (Å²) in [6.07, 6.45) is 5.71. The molecular weight excluding hydrogens is 216 g/mol. The molecule has 2 atom stereocenters. The summed E-state index contributed by atoms with van der Waals surface area (Å²) in [5.41, 5.74) is 0.628. The van der Waals surface area contributed by atoms with Crippen molar-refractivity contribution in [2.75, 3.05) is 13.1 Å². The average molecular weight is 236 g/mol. The lowest BCUT2D eigenvalue weighted by Crippen LogP contribution is -2.44. The molecule has 1 amide bonds. The molecule has 1 saturated heterocycles. The minimum absolute atomic E-state index is 0.0313. The van der Waals surface area contributed by atoms with E-state index in [0.717, 1.165) is 13.1 Å². The number of amides is 1. The van der Waals surface area contributed by atoms with Crippen molar-refractivity contribution in [1.82, 2.24) is 20.4 Å². The molecule has 5 heteroatoms. The number of nitrogens with one attached hydrogen (secondary N) is 2. The molecule has 1 aliphatic rings. The van der Waals surface area contributed by atoms with E-state index < -0.39 is 0 Å². The summed E-state index contributed by atoms with van der Waals surface area (Å²) in [4.78, 5) is 11.9. The minimum Gasteiger partial charge on any atom is -0.349 e. The number of carbonyl (C=O) groups is 1. The fraction of sp³-hybridized carbons (Fsp3) is 0.667. The number of carbonyl (C=O) groups excluding carboxylic acids is 1. The van der Waals surface area contributed by atoms with Crippen LogP contribution in [0.2, 0.25) is 0 Å². The van der Waals surface area contributed by atoms with Crippen LogP contribution in [0.25, 0.3) is 0 Å². The Kier molecular flexibility index (Phi) is 3.78. The Balaban J connectivity index is 1.89. The molecule has 0 radical (unpaired) electrons. The van der Waals surface area contributed by atoms with Gasteiger partial charge < -0.3 is 10.6 Å². The van der Waals surface area contributed by atoms with Gasteiger partial charge in [0.1, 0.15) is 0 Å². The molecule has 1 aliphatic heterocycles. The van der Waals surface area contributed by atoms with E-state index in [1.165, 1.54) is 12.8 Å². The van der Waals surface area contributed by atoms with Crippen molar-refractivity contribution in [3.05, 3.63) is 18.0 Å². The van der Waals surface area contributed by atoms with Crippen LogP contribution in [0.4, 0.5) is 0 Å². The lowest BCUT2D eigenvalue weighted by Gasteiger charge is -2.28. The van der Waals surface area contributed by atoms with Gasteiger partial charge in [-0.1, -0.05) is 0 Å². The van der Waals surface area contributed by atoms with Crippen LogP contribution >= 0.6 is 0 Å². The smallest absolute Gasteiger partial charge is 0.254 e. The van der Waals surface area contributed by atoms with E-state index in [4.69, 9.17) is 0 Å². The summed E-state index contributed by atoms with van der Waals surface area (Å²) in [7, 11) is 1.81. The molecule has 0 spiro atoms. The van der Waals surface area contributed by atoms with Crippen LogP contribution in [0.5, 0.6) is 0 Å². The van der Waals surface area contributed by atoms with Crippen LogP contribution in [0, 0.1) is 5.92 Å². The zero-order valence-electron chi connectivity index (χ0n) is 10.4. The zero-order valence-corrected chi connectivity index (χ0v) is 10.4. The van der Waals surface area contributed by atoms with Crippen LogP contribution < -0.4 is 10.6 Å². The van der Waals surface area contributed by atoms with Crippen molar-refractivity contribution in [3.63, 3.8) is 0 Å². The molecule has 5 nitrogen and oxygen atoms in total.